The van der Waals surface area contributed by atoms with Crippen LogP contribution < -0.4 is 11.2 Å². The normalized spacial score (nSPS) is 19.1. The molecule has 0 aromatic carbocycles. The van der Waals surface area contributed by atoms with Gasteiger partial charge in [0.2, 0.25) is 0 Å². The largest absolute Gasteiger partial charge is 0.328 e. The van der Waals surface area contributed by atoms with Crippen molar-refractivity contribution in [1.29, 1.82) is 0 Å². The van der Waals surface area contributed by atoms with Gasteiger partial charge in [0.05, 0.1) is 0 Å². The maximum Gasteiger partial charge on any atom is 0.328 e. The van der Waals surface area contributed by atoms with Crippen molar-refractivity contribution in [2.45, 2.75) is 45.1 Å². The molecule has 1 aromatic rings. The molecule has 19 heavy (non-hydrogen) atoms. The van der Waals surface area contributed by atoms with Crippen LogP contribution >= 0.6 is 27.5 Å². The quantitative estimate of drug-likeness (QED) is 0.674. The predicted octanol–water partition coefficient (Wildman–Crippen LogP) is 2.93. The third kappa shape index (κ3) is 3.51. The van der Waals surface area contributed by atoms with Crippen molar-refractivity contribution in [3.8, 4) is 0 Å². The Morgan fingerprint density at radius 3 is 2.47 bits per heavy atom. The van der Waals surface area contributed by atoms with Crippen LogP contribution in [0.4, 0.5) is 0 Å². The molecule has 1 aliphatic carbocycles. The molecule has 0 unspecified atom stereocenters. The predicted molar refractivity (Wildman–Crippen MR) is 80.3 cm³/mol. The highest BCUT2D eigenvalue weighted by molar-refractivity contribution is 9.09. The summed E-state index contributed by atoms with van der Waals surface area (Å²) >= 11 is 9.41. The molecule has 2 rings (SSSR count). The molecule has 0 saturated heterocycles. The molecular formula is C13H18BrClN2O2. The fourth-order valence-electron chi connectivity index (χ4n) is 2.77. The van der Waals surface area contributed by atoms with Crippen LogP contribution in [0.25, 0.3) is 0 Å². The number of hydrogen-bond acceptors (Lipinski definition) is 2. The zero-order valence-corrected chi connectivity index (χ0v) is 13.1. The van der Waals surface area contributed by atoms with E-state index in [1.54, 1.807) is 0 Å². The number of H-pyrrole nitrogens is 1. The Balaban J connectivity index is 2.29. The third-order valence-corrected chi connectivity index (χ3v) is 5.38. The monoisotopic (exact) mass is 348 g/mol. The number of aromatic nitrogens is 2. The Morgan fingerprint density at radius 2 is 1.89 bits per heavy atom. The summed E-state index contributed by atoms with van der Waals surface area (Å²) in [5, 5.41) is 0.932. The lowest BCUT2D eigenvalue weighted by Gasteiger charge is -2.31. The van der Waals surface area contributed by atoms with E-state index in [2.05, 4.69) is 20.9 Å². The van der Waals surface area contributed by atoms with Crippen LogP contribution in [0, 0.1) is 5.41 Å². The number of hydrogen-bond donors (Lipinski definition) is 1. The van der Waals surface area contributed by atoms with Crippen molar-refractivity contribution in [3.05, 3.63) is 32.1 Å². The highest BCUT2D eigenvalue weighted by Crippen LogP contribution is 2.37. The smallest absolute Gasteiger partial charge is 0.299 e. The summed E-state index contributed by atoms with van der Waals surface area (Å²) in [6, 6.07) is 0. The van der Waals surface area contributed by atoms with Gasteiger partial charge in [-0.2, -0.15) is 0 Å². The molecule has 0 spiro atoms. The van der Waals surface area contributed by atoms with Crippen molar-refractivity contribution < 1.29 is 0 Å². The zero-order chi connectivity index (χ0) is 13.9. The van der Waals surface area contributed by atoms with Gasteiger partial charge in [0, 0.05) is 18.1 Å². The number of rotatable bonds is 3. The molecule has 0 bridgehead atoms. The summed E-state index contributed by atoms with van der Waals surface area (Å²) in [5.74, 6) is 0. The molecule has 1 heterocycles. The highest BCUT2D eigenvalue weighted by Gasteiger charge is 2.30. The second-order valence-electron chi connectivity index (χ2n) is 5.41. The minimum Gasteiger partial charge on any atom is -0.299 e. The molecule has 0 aliphatic heterocycles. The average molecular weight is 350 g/mol. The van der Waals surface area contributed by atoms with Gasteiger partial charge >= 0.3 is 5.69 Å². The molecule has 0 amide bonds. The van der Waals surface area contributed by atoms with Crippen LogP contribution in [0.15, 0.2) is 15.8 Å². The lowest BCUT2D eigenvalue weighted by Crippen LogP contribution is -2.37. The first-order valence-corrected chi connectivity index (χ1v) is 8.11. The van der Waals surface area contributed by atoms with Crippen LogP contribution in [-0.4, -0.2) is 14.9 Å². The highest BCUT2D eigenvalue weighted by atomic mass is 79.9. The minimum atomic E-state index is -0.517. The number of alkyl halides is 1. The maximum absolute atomic E-state index is 11.8. The number of nitrogens with one attached hydrogen (secondary N) is 1. The summed E-state index contributed by atoms with van der Waals surface area (Å²) in [6.45, 7) is 0.605. The minimum absolute atomic E-state index is 0.0675. The van der Waals surface area contributed by atoms with Crippen molar-refractivity contribution in [1.82, 2.24) is 9.55 Å². The van der Waals surface area contributed by atoms with E-state index in [9.17, 15) is 9.59 Å². The molecule has 1 saturated carbocycles. The standard InChI is InChI=1S/C13H18BrClN2O2/c14-8-13(5-3-1-2-4-6-13)9-17-7-10(15)11(18)16-12(17)19/h7H,1-6,8-9H2,(H,16,18,19). The van der Waals surface area contributed by atoms with Gasteiger partial charge < -0.3 is 0 Å². The Kier molecular flexibility index (Phi) is 4.90. The Hall–Kier alpha value is -0.550. The van der Waals surface area contributed by atoms with Gasteiger partial charge in [0.15, 0.2) is 0 Å². The summed E-state index contributed by atoms with van der Waals surface area (Å²) in [4.78, 5) is 25.4. The number of aromatic amines is 1. The molecule has 1 fully saturated rings. The first-order valence-electron chi connectivity index (χ1n) is 6.62. The van der Waals surface area contributed by atoms with Crippen LogP contribution in [0.1, 0.15) is 38.5 Å². The van der Waals surface area contributed by atoms with E-state index in [1.807, 2.05) is 0 Å². The van der Waals surface area contributed by atoms with E-state index in [4.69, 9.17) is 11.6 Å². The number of halogens is 2. The molecule has 0 atom stereocenters. The summed E-state index contributed by atoms with van der Waals surface area (Å²) in [6.07, 6.45) is 8.56. The SMILES string of the molecule is O=c1[nH]c(=O)n(CC2(CBr)CCCCCC2)cc1Cl. The molecule has 4 nitrogen and oxygen atoms in total. The lowest BCUT2D eigenvalue weighted by atomic mass is 9.82. The second kappa shape index (κ2) is 6.27. The van der Waals surface area contributed by atoms with Crippen molar-refractivity contribution in [3.63, 3.8) is 0 Å². The number of nitrogens with zero attached hydrogens (tertiary/aromatic N) is 1. The van der Waals surface area contributed by atoms with Crippen molar-refractivity contribution in [2.75, 3.05) is 5.33 Å². The van der Waals surface area contributed by atoms with Crippen LogP contribution in [0.5, 0.6) is 0 Å². The van der Waals surface area contributed by atoms with Crippen molar-refractivity contribution >= 4 is 27.5 Å². The Morgan fingerprint density at radius 1 is 1.26 bits per heavy atom. The van der Waals surface area contributed by atoms with E-state index in [0.29, 0.717) is 6.54 Å². The topological polar surface area (TPSA) is 54.9 Å². The fraction of sp³-hybridized carbons (Fsp3) is 0.692. The molecule has 6 heteroatoms. The van der Waals surface area contributed by atoms with Crippen LogP contribution in [-0.2, 0) is 6.54 Å². The van der Waals surface area contributed by atoms with Gasteiger partial charge in [-0.05, 0) is 18.3 Å². The van der Waals surface area contributed by atoms with E-state index in [0.717, 1.165) is 18.2 Å². The Labute approximate surface area is 125 Å². The maximum atomic E-state index is 11.8. The fourth-order valence-corrected chi connectivity index (χ4v) is 3.68. The van der Waals surface area contributed by atoms with E-state index >= 15 is 0 Å². The van der Waals surface area contributed by atoms with Crippen molar-refractivity contribution in [2.24, 2.45) is 5.41 Å². The van der Waals surface area contributed by atoms with E-state index in [-0.39, 0.29) is 16.1 Å². The van der Waals surface area contributed by atoms with Gasteiger partial charge in [-0.3, -0.25) is 14.3 Å². The van der Waals surface area contributed by atoms with Crippen LogP contribution in [0.2, 0.25) is 5.02 Å². The molecule has 106 valence electrons. The third-order valence-electron chi connectivity index (χ3n) is 3.92. The van der Waals surface area contributed by atoms with Gasteiger partial charge in [-0.25, -0.2) is 4.79 Å². The van der Waals surface area contributed by atoms with E-state index < -0.39 is 5.56 Å². The van der Waals surface area contributed by atoms with E-state index in [1.165, 1.54) is 36.4 Å². The first kappa shape index (κ1) is 14.9. The Bertz CT molecular complexity index is 544. The second-order valence-corrected chi connectivity index (χ2v) is 6.38. The first-order chi connectivity index (χ1) is 9.06. The van der Waals surface area contributed by atoms with Gasteiger partial charge in [0.1, 0.15) is 5.02 Å². The molecule has 1 N–H and O–H groups in total. The zero-order valence-electron chi connectivity index (χ0n) is 10.8. The molecule has 1 aliphatic rings. The lowest BCUT2D eigenvalue weighted by molar-refractivity contribution is 0.238. The van der Waals surface area contributed by atoms with Gasteiger partial charge in [-0.1, -0.05) is 53.2 Å². The van der Waals surface area contributed by atoms with Gasteiger partial charge in [-0.15, -0.1) is 0 Å². The van der Waals surface area contributed by atoms with Gasteiger partial charge in [0.25, 0.3) is 5.56 Å². The average Bonchev–Trinajstić information content (AvgIpc) is 2.62. The molecule has 1 aromatic heterocycles. The molecule has 0 radical (unpaired) electrons. The summed E-state index contributed by atoms with van der Waals surface area (Å²) in [7, 11) is 0. The van der Waals surface area contributed by atoms with Crippen LogP contribution in [0.3, 0.4) is 0 Å². The molecular weight excluding hydrogens is 332 g/mol. The summed E-state index contributed by atoms with van der Waals surface area (Å²) in [5.41, 5.74) is -0.808. The summed E-state index contributed by atoms with van der Waals surface area (Å²) < 4.78 is 1.54.